The molecule has 0 fully saturated rings. The molecule has 4 nitrogen and oxygen atoms in total. The molecule has 2 aromatic heterocycles. The molecule has 2 N–H and O–H groups in total. The molecule has 0 aliphatic heterocycles. The van der Waals surface area contributed by atoms with Crippen LogP contribution in [0.2, 0.25) is 0 Å². The zero-order valence-corrected chi connectivity index (χ0v) is 12.0. The van der Waals surface area contributed by atoms with Crippen molar-refractivity contribution in [3.05, 3.63) is 52.7 Å². The minimum Gasteiger partial charge on any atom is -0.378 e. The van der Waals surface area contributed by atoms with E-state index in [1.165, 1.54) is 0 Å². The lowest BCUT2D eigenvalue weighted by Gasteiger charge is -2.08. The predicted octanol–water partition coefficient (Wildman–Crippen LogP) is 3.64. The lowest BCUT2D eigenvalue weighted by molar-refractivity contribution is 1.05. The van der Waals surface area contributed by atoms with E-state index in [2.05, 4.69) is 48.3 Å². The molecule has 0 unspecified atom stereocenters. The first-order valence-corrected chi connectivity index (χ1v) is 6.80. The van der Waals surface area contributed by atoms with Crippen molar-refractivity contribution < 1.29 is 0 Å². The Morgan fingerprint density at radius 1 is 1.26 bits per heavy atom. The zero-order valence-electron chi connectivity index (χ0n) is 10.4. The van der Waals surface area contributed by atoms with Crippen LogP contribution in [0, 0.1) is 6.92 Å². The Morgan fingerprint density at radius 3 is 2.95 bits per heavy atom. The van der Waals surface area contributed by atoms with Gasteiger partial charge in [0, 0.05) is 16.1 Å². The van der Waals surface area contributed by atoms with Crippen molar-refractivity contribution in [2.75, 3.05) is 5.32 Å². The maximum atomic E-state index is 4.46. The van der Waals surface area contributed by atoms with Crippen LogP contribution in [-0.4, -0.2) is 15.0 Å². The van der Waals surface area contributed by atoms with Crippen molar-refractivity contribution >= 4 is 32.5 Å². The first-order valence-electron chi connectivity index (χ1n) is 6.01. The lowest BCUT2D eigenvalue weighted by atomic mass is 10.2. The van der Waals surface area contributed by atoms with E-state index in [9.17, 15) is 0 Å². The number of para-hydroxylation sites is 1. The number of nitrogens with zero attached hydrogens (tertiary/aromatic N) is 2. The van der Waals surface area contributed by atoms with E-state index in [-0.39, 0.29) is 0 Å². The molecule has 5 heteroatoms. The molecule has 2 heterocycles. The van der Waals surface area contributed by atoms with E-state index in [0.717, 1.165) is 32.6 Å². The first kappa shape index (κ1) is 12.2. The largest absolute Gasteiger partial charge is 0.378 e. The van der Waals surface area contributed by atoms with Crippen molar-refractivity contribution in [2.24, 2.45) is 0 Å². The number of aryl methyl sites for hydroxylation is 1. The number of imidazole rings is 1. The highest BCUT2D eigenvalue weighted by molar-refractivity contribution is 9.10. The Hall–Kier alpha value is -1.88. The molecule has 0 spiro atoms. The van der Waals surface area contributed by atoms with Crippen LogP contribution in [0.3, 0.4) is 0 Å². The molecular formula is C14H13BrN4. The Balaban J connectivity index is 1.88. The van der Waals surface area contributed by atoms with Crippen LogP contribution >= 0.6 is 15.9 Å². The van der Waals surface area contributed by atoms with Crippen molar-refractivity contribution in [2.45, 2.75) is 13.5 Å². The number of benzene rings is 1. The van der Waals surface area contributed by atoms with Gasteiger partial charge in [-0.05, 0) is 35.0 Å². The van der Waals surface area contributed by atoms with Crippen LogP contribution in [0.4, 0.5) is 5.69 Å². The standard InChI is InChI=1S/C14H13BrN4/c1-9-16-7-12(19-9)8-17-13-4-2-3-10-5-11(15)6-18-14(10)13/h2-7,17H,8H2,1H3,(H,16,19). The van der Waals surface area contributed by atoms with Gasteiger partial charge in [-0.1, -0.05) is 12.1 Å². The van der Waals surface area contributed by atoms with Crippen LogP contribution in [0.25, 0.3) is 10.9 Å². The summed E-state index contributed by atoms with van der Waals surface area (Å²) < 4.78 is 0.987. The number of fused-ring (bicyclic) bond motifs is 1. The summed E-state index contributed by atoms with van der Waals surface area (Å²) in [5, 5.41) is 4.50. The number of hydrogen-bond acceptors (Lipinski definition) is 3. The third-order valence-electron chi connectivity index (χ3n) is 2.90. The minimum absolute atomic E-state index is 0.706. The molecule has 0 saturated carbocycles. The van der Waals surface area contributed by atoms with Crippen LogP contribution in [0.1, 0.15) is 11.5 Å². The summed E-state index contributed by atoms with van der Waals surface area (Å²) in [6.07, 6.45) is 3.66. The number of hydrogen-bond donors (Lipinski definition) is 2. The summed E-state index contributed by atoms with van der Waals surface area (Å²) in [4.78, 5) is 11.9. The topological polar surface area (TPSA) is 53.6 Å². The molecular weight excluding hydrogens is 304 g/mol. The van der Waals surface area contributed by atoms with E-state index in [0.29, 0.717) is 6.54 Å². The summed E-state index contributed by atoms with van der Waals surface area (Å²) >= 11 is 3.44. The summed E-state index contributed by atoms with van der Waals surface area (Å²) in [5.74, 6) is 0.928. The van der Waals surface area contributed by atoms with E-state index in [4.69, 9.17) is 0 Å². The zero-order chi connectivity index (χ0) is 13.2. The predicted molar refractivity (Wildman–Crippen MR) is 80.1 cm³/mol. The van der Waals surface area contributed by atoms with Crippen LogP contribution in [-0.2, 0) is 6.54 Å². The monoisotopic (exact) mass is 316 g/mol. The second-order valence-electron chi connectivity index (χ2n) is 4.38. The number of anilines is 1. The summed E-state index contributed by atoms with van der Waals surface area (Å²) in [6.45, 7) is 2.65. The van der Waals surface area contributed by atoms with Crippen LogP contribution in [0.5, 0.6) is 0 Å². The van der Waals surface area contributed by atoms with Crippen LogP contribution in [0.15, 0.2) is 41.1 Å². The third kappa shape index (κ3) is 2.61. The third-order valence-corrected chi connectivity index (χ3v) is 3.34. The molecule has 0 saturated heterocycles. The molecule has 0 radical (unpaired) electrons. The van der Waals surface area contributed by atoms with Crippen molar-refractivity contribution in [1.29, 1.82) is 0 Å². The van der Waals surface area contributed by atoms with Gasteiger partial charge >= 0.3 is 0 Å². The number of aromatic amines is 1. The molecule has 0 aliphatic carbocycles. The van der Waals surface area contributed by atoms with E-state index < -0.39 is 0 Å². The number of H-pyrrole nitrogens is 1. The fraction of sp³-hybridized carbons (Fsp3) is 0.143. The summed E-state index contributed by atoms with van der Waals surface area (Å²) in [6, 6.07) is 8.18. The highest BCUT2D eigenvalue weighted by atomic mass is 79.9. The molecule has 19 heavy (non-hydrogen) atoms. The molecule has 0 aliphatic rings. The Kier molecular flexibility index (Phi) is 3.21. The summed E-state index contributed by atoms with van der Waals surface area (Å²) in [7, 11) is 0. The van der Waals surface area contributed by atoms with Gasteiger partial charge in [0.1, 0.15) is 5.82 Å². The van der Waals surface area contributed by atoms with Gasteiger partial charge in [0.2, 0.25) is 0 Å². The highest BCUT2D eigenvalue weighted by Crippen LogP contribution is 2.24. The van der Waals surface area contributed by atoms with E-state index in [1.54, 1.807) is 0 Å². The van der Waals surface area contributed by atoms with Crippen molar-refractivity contribution in [1.82, 2.24) is 15.0 Å². The first-order chi connectivity index (χ1) is 9.22. The fourth-order valence-electron chi connectivity index (χ4n) is 2.03. The van der Waals surface area contributed by atoms with Crippen LogP contribution < -0.4 is 5.32 Å². The van der Waals surface area contributed by atoms with Gasteiger partial charge in [0.05, 0.1) is 29.6 Å². The molecule has 96 valence electrons. The average molecular weight is 317 g/mol. The van der Waals surface area contributed by atoms with Gasteiger partial charge in [-0.3, -0.25) is 4.98 Å². The van der Waals surface area contributed by atoms with Gasteiger partial charge in [-0.2, -0.15) is 0 Å². The fourth-order valence-corrected chi connectivity index (χ4v) is 2.38. The Bertz CT molecular complexity index is 720. The van der Waals surface area contributed by atoms with Crippen molar-refractivity contribution in [3.63, 3.8) is 0 Å². The molecule has 0 atom stereocenters. The Labute approximate surface area is 119 Å². The second-order valence-corrected chi connectivity index (χ2v) is 5.29. The quantitative estimate of drug-likeness (QED) is 0.775. The SMILES string of the molecule is Cc1ncc(CNc2cccc3cc(Br)cnc23)[nH]1. The van der Waals surface area contributed by atoms with Gasteiger partial charge in [0.15, 0.2) is 0 Å². The number of nitrogens with one attached hydrogen (secondary N) is 2. The smallest absolute Gasteiger partial charge is 0.103 e. The Morgan fingerprint density at radius 2 is 2.16 bits per heavy atom. The molecule has 3 rings (SSSR count). The van der Waals surface area contributed by atoms with E-state index >= 15 is 0 Å². The molecule has 0 amide bonds. The van der Waals surface area contributed by atoms with Gasteiger partial charge in [-0.25, -0.2) is 4.98 Å². The molecule has 0 bridgehead atoms. The van der Waals surface area contributed by atoms with E-state index in [1.807, 2.05) is 31.5 Å². The normalized spacial score (nSPS) is 10.8. The number of rotatable bonds is 3. The highest BCUT2D eigenvalue weighted by Gasteiger charge is 2.03. The number of halogens is 1. The maximum absolute atomic E-state index is 4.46. The van der Waals surface area contributed by atoms with Crippen molar-refractivity contribution in [3.8, 4) is 0 Å². The van der Waals surface area contributed by atoms with Gasteiger partial charge < -0.3 is 10.3 Å². The van der Waals surface area contributed by atoms with Gasteiger partial charge in [-0.15, -0.1) is 0 Å². The lowest BCUT2D eigenvalue weighted by Crippen LogP contribution is -2.01. The summed E-state index contributed by atoms with van der Waals surface area (Å²) in [5.41, 5.74) is 3.06. The average Bonchev–Trinajstić information content (AvgIpc) is 2.81. The van der Waals surface area contributed by atoms with Gasteiger partial charge in [0.25, 0.3) is 0 Å². The molecule has 1 aromatic carbocycles. The number of pyridine rings is 1. The second kappa shape index (κ2) is 5.01. The maximum Gasteiger partial charge on any atom is 0.103 e. The molecule has 3 aromatic rings. The number of aromatic nitrogens is 3. The minimum atomic E-state index is 0.706.